The molecular formula is C102H87Cl7N18O12S4. The number of para-hydroxylation sites is 1. The lowest BCUT2D eigenvalue weighted by Crippen LogP contribution is -2.48. The third-order valence-electron chi connectivity index (χ3n) is 24.1. The number of anilines is 8. The Labute approximate surface area is 860 Å². The molecule has 0 radical (unpaired) electrons. The second-order valence-electron chi connectivity index (χ2n) is 33.4. The molecule has 0 spiro atoms. The zero-order valence-electron chi connectivity index (χ0n) is 76.5. The minimum Gasteiger partial charge on any atom is -0.322 e. The van der Waals surface area contributed by atoms with Crippen molar-refractivity contribution in [1.29, 1.82) is 0 Å². The molecule has 10 aromatic carbocycles. The van der Waals surface area contributed by atoms with Crippen LogP contribution in [-0.4, -0.2) is 174 Å². The average molecular weight is 2130 g/mol. The van der Waals surface area contributed by atoms with Crippen molar-refractivity contribution < 1.29 is 52.8 Å². The first kappa shape index (κ1) is 101. The molecule has 41 heteroatoms. The van der Waals surface area contributed by atoms with Gasteiger partial charge in [0.05, 0.1) is 125 Å². The molecule has 0 saturated carbocycles. The highest BCUT2D eigenvalue weighted by atomic mass is 35.5. The largest absolute Gasteiger partial charge is 0.322 e. The van der Waals surface area contributed by atoms with Crippen molar-refractivity contribution in [2.75, 3.05) is 112 Å². The zero-order chi connectivity index (χ0) is 101. The highest BCUT2D eigenvalue weighted by Gasteiger charge is 2.36. The van der Waals surface area contributed by atoms with Crippen LogP contribution in [0.5, 0.6) is 0 Å². The molecule has 10 heterocycles. The molecule has 0 unspecified atom stereocenters. The van der Waals surface area contributed by atoms with E-state index >= 15 is 0 Å². The summed E-state index contributed by atoms with van der Waals surface area (Å²) in [5.74, 6) is -1.69. The number of nitrogens with one attached hydrogen (secondary N) is 5. The number of pyridine rings is 6. The van der Waals surface area contributed by atoms with Gasteiger partial charge in [0.25, 0.3) is 23.6 Å². The SMILES string of the molecule is CN1CCCN(c2ccc(C(=O)Nc3ccc(Cl)c(-c4ccc5ccccc5n4)c3)c(Cl)c2)S1(=O)=O.CN1CCCN(c2ccc(C(=O)Nc3ccc(Cl)c(-c4ccc5ncccc5n4)c3)c(Cl)c2)S1(=O)=O.CN1CCCN(c2ccc(C(=O)Nc3ccc(Cl)c(-c4nccc5ncccc45)c3)c(Cl)c2)S1(=O)=O.Cc1ccc(NC(=O)c2ccc(N3CCCNS3(=O)=O)cc2Cl)cc1-c1nccc2ccccc12. The number of nitrogens with zero attached hydrogens (tertiary/aromatic N) is 13. The number of hydrogen-bond donors (Lipinski definition) is 5. The quantitative estimate of drug-likeness (QED) is 0.0600. The maximum Gasteiger partial charge on any atom is 0.303 e. The van der Waals surface area contributed by atoms with Gasteiger partial charge in [-0.25, -0.2) is 9.97 Å². The zero-order valence-corrected chi connectivity index (χ0v) is 85.1. The third kappa shape index (κ3) is 22.3. The highest BCUT2D eigenvalue weighted by Crippen LogP contribution is 2.41. The number of hydrogen-bond acceptors (Lipinski definition) is 18. The molecule has 16 aromatic rings. The summed E-state index contributed by atoms with van der Waals surface area (Å²) >= 11 is 45.0. The first-order valence-electron chi connectivity index (χ1n) is 44.6. The van der Waals surface area contributed by atoms with Crippen LogP contribution in [0.2, 0.25) is 35.2 Å². The van der Waals surface area contributed by atoms with E-state index in [9.17, 15) is 52.8 Å². The second-order valence-corrected chi connectivity index (χ2v) is 43.8. The number of fused-ring (bicyclic) bond motifs is 4. The Morgan fingerprint density at radius 2 is 0.685 bits per heavy atom. The van der Waals surface area contributed by atoms with Crippen molar-refractivity contribution in [3.05, 3.63) is 343 Å². The van der Waals surface area contributed by atoms with E-state index in [2.05, 4.69) is 50.9 Å². The Morgan fingerprint density at radius 3 is 1.17 bits per heavy atom. The van der Waals surface area contributed by atoms with E-state index < -0.39 is 58.6 Å². The van der Waals surface area contributed by atoms with Crippen molar-refractivity contribution >= 4 is 235 Å². The summed E-state index contributed by atoms with van der Waals surface area (Å²) in [6.07, 6.45) is 9.61. The van der Waals surface area contributed by atoms with Crippen LogP contribution in [0.15, 0.2) is 280 Å². The lowest BCUT2D eigenvalue weighted by atomic mass is 9.99. The predicted octanol–water partition coefficient (Wildman–Crippen LogP) is 21.5. The summed E-state index contributed by atoms with van der Waals surface area (Å²) in [5.41, 5.74) is 14.6. The molecule has 4 saturated heterocycles. The van der Waals surface area contributed by atoms with Crippen LogP contribution >= 0.6 is 81.2 Å². The smallest absolute Gasteiger partial charge is 0.303 e. The van der Waals surface area contributed by atoms with Crippen molar-refractivity contribution in [3.63, 3.8) is 0 Å². The van der Waals surface area contributed by atoms with Crippen LogP contribution in [-0.2, 0) is 40.8 Å². The van der Waals surface area contributed by atoms with E-state index in [0.29, 0.717) is 172 Å². The molecule has 4 amide bonds. The third-order valence-corrected chi connectivity index (χ3v) is 33.6. The van der Waals surface area contributed by atoms with Gasteiger partial charge in [-0.2, -0.15) is 51.3 Å². The van der Waals surface area contributed by atoms with E-state index in [4.69, 9.17) is 86.2 Å². The monoisotopic (exact) mass is 2130 g/mol. The summed E-state index contributed by atoms with van der Waals surface area (Å²) in [4.78, 5) is 79.2. The van der Waals surface area contributed by atoms with Crippen LogP contribution in [0.25, 0.3) is 88.6 Å². The molecule has 4 fully saturated rings. The summed E-state index contributed by atoms with van der Waals surface area (Å²) < 4.78 is 112. The van der Waals surface area contributed by atoms with Gasteiger partial charge in [0.15, 0.2) is 0 Å². The number of amides is 4. The standard InChI is InChI=1S/C26H22Cl2N4O3S.C26H23ClN4O3S.2C25H21Cl2N5O3S/c1-31-13-4-14-32(36(31,34)35)19-9-10-20(23(28)16-19)26(33)29-18-8-11-22(27)21(15-18)25-12-7-17-5-2-3-6-24(17)30-25;1-17-7-8-19(15-23(17)25-21-6-3-2-5-18(21)11-13-28-25)30-26(32)22-10-9-20(16-24(22)27)31-14-4-12-29-35(31,33)34;1-31-12-3-13-32(36(31,34)35)17-6-7-18(21(27)15-17)25(33)29-16-5-8-20(26)19(14-16)22-9-10-23-24(30-22)4-2-11-28-23;1-31-12-3-13-32(36(31,34)35)17-6-7-18(22(27)15-17)25(33)30-16-5-8-21(26)20(14-16)24-19-4-2-10-28-23(19)9-11-29-24/h2-3,5-12,15-16H,4,13-14H2,1H3,(H,29,33);2-3,5-11,13,15-16,29H,4,12,14H2,1H3,(H,30,32);2,4-11,14-15H,3,12-13H2,1H3,(H,29,33);2,4-11,14-15H,3,12-13H2,1H3,(H,30,33). The second kappa shape index (κ2) is 43.2. The van der Waals surface area contributed by atoms with Gasteiger partial charge in [0, 0.05) is 159 Å². The van der Waals surface area contributed by atoms with Gasteiger partial charge in [0.2, 0.25) is 0 Å². The van der Waals surface area contributed by atoms with E-state index in [-0.39, 0.29) is 48.3 Å². The molecule has 6 aromatic heterocycles. The van der Waals surface area contributed by atoms with E-state index in [1.807, 2.05) is 134 Å². The molecule has 143 heavy (non-hydrogen) atoms. The van der Waals surface area contributed by atoms with Crippen LogP contribution < -0.4 is 43.2 Å². The molecule has 5 N–H and O–H groups in total. The number of rotatable bonds is 16. The summed E-state index contributed by atoms with van der Waals surface area (Å²) in [6.45, 7) is 5.19. The molecule has 20 rings (SSSR count). The van der Waals surface area contributed by atoms with Crippen molar-refractivity contribution in [1.82, 2.24) is 47.5 Å². The Balaban J connectivity index is 0.000000131. The van der Waals surface area contributed by atoms with Crippen molar-refractivity contribution in [2.24, 2.45) is 0 Å². The van der Waals surface area contributed by atoms with Gasteiger partial charge in [-0.05, 0) is 244 Å². The predicted molar refractivity (Wildman–Crippen MR) is 571 cm³/mol. The van der Waals surface area contributed by atoms with Crippen molar-refractivity contribution in [2.45, 2.75) is 32.6 Å². The molecule has 4 aliphatic heterocycles. The molecule has 4 aliphatic rings. The Hall–Kier alpha value is -13.1. The van der Waals surface area contributed by atoms with Crippen LogP contribution in [0.3, 0.4) is 0 Å². The summed E-state index contributed by atoms with van der Waals surface area (Å²) in [5, 5.41) is 17.5. The number of halogens is 7. The Morgan fingerprint density at radius 1 is 0.308 bits per heavy atom. The van der Waals surface area contributed by atoms with Gasteiger partial charge >= 0.3 is 40.8 Å². The van der Waals surface area contributed by atoms with Gasteiger partial charge < -0.3 is 21.3 Å². The van der Waals surface area contributed by atoms with E-state index in [0.717, 1.165) is 60.4 Å². The lowest BCUT2D eigenvalue weighted by molar-refractivity contribution is 0.101. The molecule has 30 nitrogen and oxygen atoms in total. The summed E-state index contributed by atoms with van der Waals surface area (Å²) in [7, 11) is -9.84. The van der Waals surface area contributed by atoms with Gasteiger partial charge in [-0.1, -0.05) is 136 Å². The molecule has 0 atom stereocenters. The number of carbonyl (C=O) groups is 4. The van der Waals surface area contributed by atoms with Gasteiger partial charge in [-0.3, -0.25) is 56.3 Å². The highest BCUT2D eigenvalue weighted by molar-refractivity contribution is 7.91. The Kier molecular flexibility index (Phi) is 30.6. The van der Waals surface area contributed by atoms with Crippen molar-refractivity contribution in [3.8, 4) is 45.0 Å². The summed E-state index contributed by atoms with van der Waals surface area (Å²) in [6, 6.07) is 74.0. The van der Waals surface area contributed by atoms with E-state index in [1.54, 1.807) is 117 Å². The topological polar surface area (TPSA) is 365 Å². The molecule has 0 aliphatic carbocycles. The first-order chi connectivity index (χ1) is 68.6. The van der Waals surface area contributed by atoms with E-state index in [1.165, 1.54) is 86.7 Å². The Bertz CT molecular complexity index is 7980. The average Bonchev–Trinajstić information content (AvgIpc) is 0.765. The minimum absolute atomic E-state index is 0.143. The van der Waals surface area contributed by atoms with Crippen LogP contribution in [0.4, 0.5) is 45.5 Å². The minimum atomic E-state index is -3.62. The maximum absolute atomic E-state index is 13.1. The molecule has 0 bridgehead atoms. The fourth-order valence-electron chi connectivity index (χ4n) is 16.6. The van der Waals surface area contributed by atoms with Crippen LogP contribution in [0.1, 0.15) is 72.7 Å². The number of aromatic nitrogens is 6. The fourth-order valence-corrected chi connectivity index (χ4v) is 23.9. The van der Waals surface area contributed by atoms with Gasteiger partial charge in [-0.15, -0.1) is 0 Å². The maximum atomic E-state index is 13.1. The first-order valence-corrected chi connectivity index (χ1v) is 52.9. The number of benzene rings is 10. The normalized spacial score (nSPS) is 15.6. The van der Waals surface area contributed by atoms with Gasteiger partial charge in [0.1, 0.15) is 0 Å². The fraction of sp³-hybridized carbons (Fsp3) is 0.157. The van der Waals surface area contributed by atoms with Crippen LogP contribution in [0, 0.1) is 6.92 Å². The molecular weight excluding hydrogens is 2050 g/mol. The lowest BCUT2D eigenvalue weighted by Gasteiger charge is -2.34. The number of aryl methyl sites for hydroxylation is 1. The molecule has 730 valence electrons. The number of carbonyl (C=O) groups excluding carboxylic acids is 4.